The molecule has 1 heterocycles. The first-order chi connectivity index (χ1) is 7.74. The molecule has 1 aromatic rings. The Morgan fingerprint density at radius 3 is 2.75 bits per heavy atom. The van der Waals surface area contributed by atoms with Crippen molar-refractivity contribution in [3.8, 4) is 0 Å². The molecule has 0 fully saturated rings. The molecular formula is C12H21N3O. The van der Waals surface area contributed by atoms with Crippen LogP contribution in [0, 0.1) is 6.92 Å². The minimum Gasteiger partial charge on any atom is -0.359 e. The first-order valence-corrected chi connectivity index (χ1v) is 5.92. The van der Waals surface area contributed by atoms with E-state index in [9.17, 15) is 4.79 Å². The predicted molar refractivity (Wildman–Crippen MR) is 64.1 cm³/mol. The maximum atomic E-state index is 11.0. The van der Waals surface area contributed by atoms with Crippen molar-refractivity contribution in [2.45, 2.75) is 45.6 Å². The third kappa shape index (κ3) is 4.47. The van der Waals surface area contributed by atoms with Crippen molar-refractivity contribution in [2.24, 2.45) is 0 Å². The number of hydrogen-bond donors (Lipinski definition) is 1. The Labute approximate surface area is 97.1 Å². The van der Waals surface area contributed by atoms with E-state index in [0.29, 0.717) is 6.42 Å². The molecule has 0 aliphatic carbocycles. The zero-order chi connectivity index (χ0) is 11.8. The minimum atomic E-state index is 0.144. The van der Waals surface area contributed by atoms with E-state index in [0.717, 1.165) is 31.6 Å². The van der Waals surface area contributed by atoms with Crippen molar-refractivity contribution in [2.75, 3.05) is 7.05 Å². The summed E-state index contributed by atoms with van der Waals surface area (Å²) >= 11 is 0. The lowest BCUT2D eigenvalue weighted by Crippen LogP contribution is -2.16. The lowest BCUT2D eigenvalue weighted by molar-refractivity contribution is -0.120. The summed E-state index contributed by atoms with van der Waals surface area (Å²) in [5.74, 6) is 1.22. The number of nitrogens with one attached hydrogen (secondary N) is 1. The van der Waals surface area contributed by atoms with Crippen molar-refractivity contribution < 1.29 is 4.79 Å². The van der Waals surface area contributed by atoms with Crippen LogP contribution in [-0.2, 0) is 11.3 Å². The molecule has 0 aromatic carbocycles. The molecule has 1 aromatic heterocycles. The fourth-order valence-corrected chi connectivity index (χ4v) is 1.69. The highest BCUT2D eigenvalue weighted by atomic mass is 16.1. The van der Waals surface area contributed by atoms with Gasteiger partial charge in [0.05, 0.1) is 0 Å². The molecule has 90 valence electrons. The average molecular weight is 223 g/mol. The van der Waals surface area contributed by atoms with E-state index in [1.807, 2.05) is 19.3 Å². The Morgan fingerprint density at radius 1 is 1.38 bits per heavy atom. The molecule has 16 heavy (non-hydrogen) atoms. The van der Waals surface area contributed by atoms with Gasteiger partial charge in [-0.25, -0.2) is 4.98 Å². The summed E-state index contributed by atoms with van der Waals surface area (Å²) in [6.45, 7) is 3.05. The molecule has 0 unspecified atom stereocenters. The van der Waals surface area contributed by atoms with Gasteiger partial charge >= 0.3 is 0 Å². The van der Waals surface area contributed by atoms with Crippen LogP contribution in [0.5, 0.6) is 0 Å². The molecule has 0 aliphatic rings. The third-order valence-corrected chi connectivity index (χ3v) is 2.76. The number of amides is 1. The summed E-state index contributed by atoms with van der Waals surface area (Å²) in [7, 11) is 1.68. The predicted octanol–water partition coefficient (Wildman–Crippen LogP) is 1.89. The first kappa shape index (κ1) is 12.7. The van der Waals surface area contributed by atoms with Gasteiger partial charge < -0.3 is 9.88 Å². The van der Waals surface area contributed by atoms with Crippen molar-refractivity contribution >= 4 is 5.91 Å². The number of imidazole rings is 1. The third-order valence-electron chi connectivity index (χ3n) is 2.76. The fourth-order valence-electron chi connectivity index (χ4n) is 1.69. The largest absolute Gasteiger partial charge is 0.359 e. The molecule has 0 aliphatic heterocycles. The van der Waals surface area contributed by atoms with Crippen LogP contribution in [0.1, 0.15) is 37.9 Å². The van der Waals surface area contributed by atoms with Crippen LogP contribution >= 0.6 is 0 Å². The Hall–Kier alpha value is -1.32. The van der Waals surface area contributed by atoms with Gasteiger partial charge in [0.2, 0.25) is 5.91 Å². The number of rotatable bonds is 7. The van der Waals surface area contributed by atoms with E-state index in [1.54, 1.807) is 7.05 Å². The summed E-state index contributed by atoms with van der Waals surface area (Å²) < 4.78 is 2.17. The molecule has 4 heteroatoms. The Kier molecular flexibility index (Phi) is 5.61. The van der Waals surface area contributed by atoms with E-state index < -0.39 is 0 Å². The van der Waals surface area contributed by atoms with Crippen LogP contribution in [0.2, 0.25) is 0 Å². The van der Waals surface area contributed by atoms with Crippen molar-refractivity contribution in [3.05, 3.63) is 18.2 Å². The van der Waals surface area contributed by atoms with E-state index in [-0.39, 0.29) is 5.91 Å². The summed E-state index contributed by atoms with van der Waals surface area (Å²) in [5, 5.41) is 2.63. The van der Waals surface area contributed by atoms with Crippen LogP contribution in [0.15, 0.2) is 12.4 Å². The second-order valence-electron chi connectivity index (χ2n) is 4.01. The van der Waals surface area contributed by atoms with Gasteiger partial charge in [-0.3, -0.25) is 4.79 Å². The Balaban J connectivity index is 2.00. The average Bonchev–Trinajstić information content (AvgIpc) is 2.69. The highest BCUT2D eigenvalue weighted by molar-refractivity contribution is 5.75. The maximum Gasteiger partial charge on any atom is 0.219 e. The van der Waals surface area contributed by atoms with Crippen molar-refractivity contribution in [3.63, 3.8) is 0 Å². The van der Waals surface area contributed by atoms with E-state index in [1.165, 1.54) is 6.42 Å². The van der Waals surface area contributed by atoms with E-state index >= 15 is 0 Å². The molecule has 0 bridgehead atoms. The van der Waals surface area contributed by atoms with Gasteiger partial charge in [-0.15, -0.1) is 0 Å². The Bertz CT molecular complexity index is 320. The number of aromatic nitrogens is 2. The molecule has 1 N–H and O–H groups in total. The van der Waals surface area contributed by atoms with Crippen LogP contribution in [0.25, 0.3) is 0 Å². The van der Waals surface area contributed by atoms with E-state index in [2.05, 4.69) is 14.9 Å². The van der Waals surface area contributed by atoms with Crippen molar-refractivity contribution in [1.29, 1.82) is 0 Å². The van der Waals surface area contributed by atoms with Gasteiger partial charge in [-0.2, -0.15) is 0 Å². The second kappa shape index (κ2) is 7.04. The quantitative estimate of drug-likeness (QED) is 0.717. The number of nitrogens with zero attached hydrogens (tertiary/aromatic N) is 2. The normalized spacial score (nSPS) is 10.4. The maximum absolute atomic E-state index is 11.0. The van der Waals surface area contributed by atoms with Crippen LogP contribution in [-0.4, -0.2) is 22.5 Å². The summed E-state index contributed by atoms with van der Waals surface area (Å²) in [5.41, 5.74) is 0. The lowest BCUT2D eigenvalue weighted by Gasteiger charge is -2.04. The summed E-state index contributed by atoms with van der Waals surface area (Å²) in [4.78, 5) is 15.1. The van der Waals surface area contributed by atoms with Gasteiger partial charge in [-0.1, -0.05) is 12.8 Å². The van der Waals surface area contributed by atoms with Crippen LogP contribution < -0.4 is 5.32 Å². The van der Waals surface area contributed by atoms with Gasteiger partial charge in [0.15, 0.2) is 0 Å². The minimum absolute atomic E-state index is 0.144. The van der Waals surface area contributed by atoms with Gasteiger partial charge in [-0.05, 0) is 19.8 Å². The molecule has 4 nitrogen and oxygen atoms in total. The number of carbonyl (C=O) groups is 1. The SMILES string of the molecule is CNC(=O)CCCCCCn1ccnc1C. The molecule has 1 rings (SSSR count). The van der Waals surface area contributed by atoms with Gasteiger partial charge in [0, 0.05) is 32.4 Å². The van der Waals surface area contributed by atoms with Crippen LogP contribution in [0.4, 0.5) is 0 Å². The molecule has 0 spiro atoms. The fraction of sp³-hybridized carbons (Fsp3) is 0.667. The zero-order valence-corrected chi connectivity index (χ0v) is 10.2. The van der Waals surface area contributed by atoms with Crippen LogP contribution in [0.3, 0.4) is 0 Å². The lowest BCUT2D eigenvalue weighted by atomic mass is 10.1. The molecule has 0 atom stereocenters. The molecule has 0 saturated heterocycles. The monoisotopic (exact) mass is 223 g/mol. The van der Waals surface area contributed by atoms with Gasteiger partial charge in [0.1, 0.15) is 5.82 Å². The smallest absolute Gasteiger partial charge is 0.219 e. The molecule has 1 amide bonds. The molecular weight excluding hydrogens is 202 g/mol. The van der Waals surface area contributed by atoms with E-state index in [4.69, 9.17) is 0 Å². The van der Waals surface area contributed by atoms with Gasteiger partial charge in [0.25, 0.3) is 0 Å². The zero-order valence-electron chi connectivity index (χ0n) is 10.2. The first-order valence-electron chi connectivity index (χ1n) is 5.92. The summed E-state index contributed by atoms with van der Waals surface area (Å²) in [6, 6.07) is 0. The molecule has 0 radical (unpaired) electrons. The highest BCUT2D eigenvalue weighted by Crippen LogP contribution is 2.05. The topological polar surface area (TPSA) is 46.9 Å². The Morgan fingerprint density at radius 2 is 2.12 bits per heavy atom. The summed E-state index contributed by atoms with van der Waals surface area (Å²) in [6.07, 6.45) is 8.95. The van der Waals surface area contributed by atoms with Crippen molar-refractivity contribution in [1.82, 2.24) is 14.9 Å². The number of carbonyl (C=O) groups excluding carboxylic acids is 1. The number of aryl methyl sites for hydroxylation is 2. The second-order valence-corrected chi connectivity index (χ2v) is 4.01. The number of unbranched alkanes of at least 4 members (excludes halogenated alkanes) is 3. The standard InChI is InChI=1S/C12H21N3O/c1-11-14-8-10-15(11)9-6-4-3-5-7-12(16)13-2/h8,10H,3-7,9H2,1-2H3,(H,13,16). The molecule has 0 saturated carbocycles. The number of hydrogen-bond acceptors (Lipinski definition) is 2. The highest BCUT2D eigenvalue weighted by Gasteiger charge is 1.98.